The number of hydrogen-bond acceptors (Lipinski definition) is 6. The van der Waals surface area contributed by atoms with E-state index < -0.39 is 0 Å². The predicted molar refractivity (Wildman–Crippen MR) is 82.1 cm³/mol. The Morgan fingerprint density at radius 2 is 2.19 bits per heavy atom. The molecule has 1 aromatic rings. The van der Waals surface area contributed by atoms with Crippen molar-refractivity contribution in [2.45, 2.75) is 45.6 Å². The fourth-order valence-corrected chi connectivity index (χ4v) is 2.97. The van der Waals surface area contributed by atoms with Gasteiger partial charge in [0.1, 0.15) is 0 Å². The summed E-state index contributed by atoms with van der Waals surface area (Å²) in [6, 6.07) is 0.530. The Bertz CT molecular complexity index is 397. The second-order valence-electron chi connectivity index (χ2n) is 6.02. The first-order chi connectivity index (χ1) is 10.3. The molecular formula is C15H28N4O2. The summed E-state index contributed by atoms with van der Waals surface area (Å²) in [7, 11) is 1.68. The van der Waals surface area contributed by atoms with Gasteiger partial charge in [0, 0.05) is 20.2 Å². The van der Waals surface area contributed by atoms with Crippen LogP contribution in [0.2, 0.25) is 0 Å². The second kappa shape index (κ2) is 9.00. The third-order valence-corrected chi connectivity index (χ3v) is 4.10. The molecule has 120 valence electrons. The topological polar surface area (TPSA) is 72.2 Å². The molecule has 0 bridgehead atoms. The van der Waals surface area contributed by atoms with Gasteiger partial charge in [-0.1, -0.05) is 31.3 Å². The SMILES string of the molecule is COCCNCc1nnc(NCCC2CCCC(C)C2)o1. The minimum absolute atomic E-state index is 0.530. The fourth-order valence-electron chi connectivity index (χ4n) is 2.97. The average molecular weight is 296 g/mol. The van der Waals surface area contributed by atoms with E-state index in [4.69, 9.17) is 9.15 Å². The van der Waals surface area contributed by atoms with Gasteiger partial charge in [-0.3, -0.25) is 0 Å². The van der Waals surface area contributed by atoms with Crippen molar-refractivity contribution < 1.29 is 9.15 Å². The largest absolute Gasteiger partial charge is 0.407 e. The van der Waals surface area contributed by atoms with E-state index in [2.05, 4.69) is 27.8 Å². The van der Waals surface area contributed by atoms with Crippen molar-refractivity contribution in [3.8, 4) is 0 Å². The Balaban J connectivity index is 1.61. The molecule has 6 nitrogen and oxygen atoms in total. The zero-order valence-electron chi connectivity index (χ0n) is 13.2. The van der Waals surface area contributed by atoms with Crippen LogP contribution in [-0.4, -0.2) is 37.0 Å². The molecule has 1 heterocycles. The van der Waals surface area contributed by atoms with Crippen molar-refractivity contribution in [3.63, 3.8) is 0 Å². The molecule has 1 aliphatic rings. The zero-order chi connectivity index (χ0) is 14.9. The summed E-state index contributed by atoms with van der Waals surface area (Å²) in [5.41, 5.74) is 0. The van der Waals surface area contributed by atoms with Gasteiger partial charge < -0.3 is 19.8 Å². The number of nitrogens with one attached hydrogen (secondary N) is 2. The molecule has 2 unspecified atom stereocenters. The van der Waals surface area contributed by atoms with E-state index >= 15 is 0 Å². The number of aromatic nitrogens is 2. The monoisotopic (exact) mass is 296 g/mol. The van der Waals surface area contributed by atoms with E-state index in [1.165, 1.54) is 32.1 Å². The lowest BCUT2D eigenvalue weighted by Gasteiger charge is -2.26. The first-order valence-electron chi connectivity index (χ1n) is 8.04. The van der Waals surface area contributed by atoms with Gasteiger partial charge in [-0.15, -0.1) is 5.10 Å². The molecule has 0 radical (unpaired) electrons. The molecule has 2 rings (SSSR count). The number of hydrogen-bond donors (Lipinski definition) is 2. The van der Waals surface area contributed by atoms with Gasteiger partial charge in [-0.05, 0) is 24.7 Å². The third kappa shape index (κ3) is 6.01. The summed E-state index contributed by atoms with van der Waals surface area (Å²) >= 11 is 0. The highest BCUT2D eigenvalue weighted by molar-refractivity contribution is 5.16. The van der Waals surface area contributed by atoms with Crippen LogP contribution in [0.4, 0.5) is 6.01 Å². The second-order valence-corrected chi connectivity index (χ2v) is 6.02. The Hall–Kier alpha value is -1.14. The number of methoxy groups -OCH3 is 1. The molecule has 1 saturated carbocycles. The van der Waals surface area contributed by atoms with Crippen molar-refractivity contribution in [1.82, 2.24) is 15.5 Å². The maximum Gasteiger partial charge on any atom is 0.315 e. The Morgan fingerprint density at radius 1 is 1.29 bits per heavy atom. The van der Waals surface area contributed by atoms with Gasteiger partial charge in [-0.2, -0.15) is 0 Å². The Kier molecular flexibility index (Phi) is 6.95. The molecule has 2 N–H and O–H groups in total. The first kappa shape index (κ1) is 16.2. The van der Waals surface area contributed by atoms with E-state index in [9.17, 15) is 0 Å². The summed E-state index contributed by atoms with van der Waals surface area (Å²) in [6.07, 6.45) is 6.69. The maximum absolute atomic E-state index is 5.54. The van der Waals surface area contributed by atoms with Gasteiger partial charge >= 0.3 is 6.01 Å². The molecule has 0 aromatic carbocycles. The van der Waals surface area contributed by atoms with E-state index in [-0.39, 0.29) is 0 Å². The van der Waals surface area contributed by atoms with E-state index in [0.29, 0.717) is 25.1 Å². The lowest BCUT2D eigenvalue weighted by molar-refractivity contribution is 0.198. The lowest BCUT2D eigenvalue weighted by Crippen LogP contribution is -2.18. The van der Waals surface area contributed by atoms with Gasteiger partial charge in [0.05, 0.1) is 13.2 Å². The molecule has 6 heteroatoms. The number of nitrogens with zero attached hydrogens (tertiary/aromatic N) is 2. The lowest BCUT2D eigenvalue weighted by atomic mass is 9.81. The molecule has 21 heavy (non-hydrogen) atoms. The van der Waals surface area contributed by atoms with Crippen molar-refractivity contribution in [1.29, 1.82) is 0 Å². The van der Waals surface area contributed by atoms with Crippen LogP contribution in [0.1, 0.15) is 44.9 Å². The third-order valence-electron chi connectivity index (χ3n) is 4.10. The van der Waals surface area contributed by atoms with Gasteiger partial charge in [0.2, 0.25) is 5.89 Å². The normalized spacial score (nSPS) is 22.4. The summed E-state index contributed by atoms with van der Waals surface area (Å²) in [5, 5.41) is 14.4. The smallest absolute Gasteiger partial charge is 0.315 e. The highest BCUT2D eigenvalue weighted by Crippen LogP contribution is 2.30. The number of anilines is 1. The van der Waals surface area contributed by atoms with Crippen LogP contribution in [0.25, 0.3) is 0 Å². The zero-order valence-corrected chi connectivity index (χ0v) is 13.2. The van der Waals surface area contributed by atoms with E-state index in [1.54, 1.807) is 7.11 Å². The van der Waals surface area contributed by atoms with Crippen LogP contribution >= 0.6 is 0 Å². The molecular weight excluding hydrogens is 268 g/mol. The number of ether oxygens (including phenoxy) is 1. The molecule has 0 amide bonds. The minimum atomic E-state index is 0.530. The quantitative estimate of drug-likeness (QED) is 0.682. The predicted octanol–water partition coefficient (Wildman–Crippen LogP) is 2.43. The Labute approximate surface area is 127 Å². The molecule has 0 aliphatic heterocycles. The van der Waals surface area contributed by atoms with Gasteiger partial charge in [0.25, 0.3) is 0 Å². The van der Waals surface area contributed by atoms with Crippen LogP contribution in [0.5, 0.6) is 0 Å². The van der Waals surface area contributed by atoms with E-state index in [1.807, 2.05) is 0 Å². The van der Waals surface area contributed by atoms with Crippen molar-refractivity contribution in [3.05, 3.63) is 5.89 Å². The molecule has 2 atom stereocenters. The molecule has 0 spiro atoms. The van der Waals surface area contributed by atoms with Crippen molar-refractivity contribution >= 4 is 6.01 Å². The summed E-state index contributed by atoms with van der Waals surface area (Å²) in [5.74, 6) is 2.34. The van der Waals surface area contributed by atoms with Crippen LogP contribution < -0.4 is 10.6 Å². The van der Waals surface area contributed by atoms with Crippen LogP contribution in [0, 0.1) is 11.8 Å². The molecule has 1 fully saturated rings. The van der Waals surface area contributed by atoms with Crippen LogP contribution in [0.3, 0.4) is 0 Å². The van der Waals surface area contributed by atoms with Crippen LogP contribution in [-0.2, 0) is 11.3 Å². The highest BCUT2D eigenvalue weighted by atomic mass is 16.5. The molecule has 0 saturated heterocycles. The average Bonchev–Trinajstić information content (AvgIpc) is 2.92. The van der Waals surface area contributed by atoms with Crippen LogP contribution in [0.15, 0.2) is 4.42 Å². The molecule has 1 aliphatic carbocycles. The summed E-state index contributed by atoms with van der Waals surface area (Å²) in [6.45, 7) is 5.31. The summed E-state index contributed by atoms with van der Waals surface area (Å²) < 4.78 is 10.5. The standard InChI is InChI=1S/C15H28N4O2/c1-12-4-3-5-13(10-12)6-7-17-15-19-18-14(21-15)11-16-8-9-20-2/h12-13,16H,3-11H2,1-2H3,(H,17,19). The number of rotatable bonds is 9. The molecule has 1 aromatic heterocycles. The van der Waals surface area contributed by atoms with Crippen molar-refractivity contribution in [2.24, 2.45) is 11.8 Å². The Morgan fingerprint density at radius 3 is 3.00 bits per heavy atom. The van der Waals surface area contributed by atoms with Gasteiger partial charge in [-0.25, -0.2) is 0 Å². The fraction of sp³-hybridized carbons (Fsp3) is 0.867. The highest BCUT2D eigenvalue weighted by Gasteiger charge is 2.18. The van der Waals surface area contributed by atoms with E-state index in [0.717, 1.165) is 24.9 Å². The maximum atomic E-state index is 5.54. The van der Waals surface area contributed by atoms with Crippen molar-refractivity contribution in [2.75, 3.05) is 32.1 Å². The summed E-state index contributed by atoms with van der Waals surface area (Å²) in [4.78, 5) is 0. The van der Waals surface area contributed by atoms with Gasteiger partial charge in [0.15, 0.2) is 0 Å². The first-order valence-corrected chi connectivity index (χ1v) is 8.04. The minimum Gasteiger partial charge on any atom is -0.407 e.